The second-order valence-electron chi connectivity index (χ2n) is 5.46. The van der Waals surface area contributed by atoms with Crippen molar-refractivity contribution < 1.29 is 4.79 Å². The number of fused-ring (bicyclic) bond motifs is 1. The first-order valence-electron chi connectivity index (χ1n) is 7.37. The van der Waals surface area contributed by atoms with E-state index in [0.29, 0.717) is 18.4 Å². The number of hydrogen-bond donors (Lipinski definition) is 2. The third kappa shape index (κ3) is 3.80. The quantitative estimate of drug-likeness (QED) is 0.632. The first-order valence-corrected chi connectivity index (χ1v) is 7.37. The van der Waals surface area contributed by atoms with Crippen LogP contribution in [0.25, 0.3) is 10.9 Å². The molecule has 4 N–H and O–H groups in total. The molecule has 0 bridgehead atoms. The Hall–Kier alpha value is -3.00. The summed E-state index contributed by atoms with van der Waals surface area (Å²) in [5, 5.41) is 9.94. The molecule has 0 radical (unpaired) electrons. The Balaban J connectivity index is 2.19. The Morgan fingerprint density at radius 2 is 2.17 bits per heavy atom. The van der Waals surface area contributed by atoms with Gasteiger partial charge in [0.05, 0.1) is 5.57 Å². The van der Waals surface area contributed by atoms with E-state index in [-0.39, 0.29) is 11.8 Å². The molecule has 0 saturated heterocycles. The van der Waals surface area contributed by atoms with E-state index in [1.807, 2.05) is 48.1 Å². The second kappa shape index (κ2) is 7.32. The van der Waals surface area contributed by atoms with Crippen LogP contribution in [0.15, 0.2) is 54.4 Å². The number of benzene rings is 1. The van der Waals surface area contributed by atoms with Crippen LogP contribution in [0.1, 0.15) is 12.0 Å². The van der Waals surface area contributed by atoms with Gasteiger partial charge in [0.25, 0.3) is 0 Å². The summed E-state index contributed by atoms with van der Waals surface area (Å²) in [5.41, 5.74) is 13.4. The summed E-state index contributed by atoms with van der Waals surface area (Å²) < 4.78 is 2.05. The van der Waals surface area contributed by atoms with Crippen molar-refractivity contribution in [3.05, 3.63) is 60.0 Å². The highest BCUT2D eigenvalue weighted by Crippen LogP contribution is 2.24. The number of aryl methyl sites for hydroxylation is 1. The minimum Gasteiger partial charge on any atom is -0.404 e. The molecule has 1 aromatic carbocycles. The van der Waals surface area contributed by atoms with Crippen LogP contribution < -0.4 is 11.5 Å². The summed E-state index contributed by atoms with van der Waals surface area (Å²) in [6.07, 6.45) is 7.68. The van der Waals surface area contributed by atoms with E-state index in [9.17, 15) is 4.79 Å². The number of nitrogens with zero attached hydrogens (tertiary/aromatic N) is 2. The maximum Gasteiger partial charge on any atom is 0.221 e. The van der Waals surface area contributed by atoms with Crippen LogP contribution in [0, 0.1) is 17.2 Å². The van der Waals surface area contributed by atoms with Gasteiger partial charge in [-0.15, -0.1) is 0 Å². The minimum atomic E-state index is -0.349. The molecule has 1 unspecified atom stereocenters. The number of amides is 1. The SMILES string of the molecule is Cn1cc(CC(C/C=C\C(C#N)=C/N)C(N)=O)c2ccccc21. The van der Waals surface area contributed by atoms with Crippen molar-refractivity contribution in [2.75, 3.05) is 0 Å². The predicted molar refractivity (Wildman–Crippen MR) is 90.9 cm³/mol. The fourth-order valence-electron chi connectivity index (χ4n) is 2.64. The lowest BCUT2D eigenvalue weighted by molar-refractivity contribution is -0.121. The monoisotopic (exact) mass is 308 g/mol. The summed E-state index contributed by atoms with van der Waals surface area (Å²) in [7, 11) is 1.98. The Labute approximate surface area is 135 Å². The molecule has 1 amide bonds. The second-order valence-corrected chi connectivity index (χ2v) is 5.46. The van der Waals surface area contributed by atoms with Crippen molar-refractivity contribution in [1.82, 2.24) is 4.57 Å². The van der Waals surface area contributed by atoms with Crippen molar-refractivity contribution >= 4 is 16.8 Å². The van der Waals surface area contributed by atoms with Crippen LogP contribution in [-0.2, 0) is 18.3 Å². The van der Waals surface area contributed by atoms with Gasteiger partial charge in [-0.2, -0.15) is 5.26 Å². The normalized spacial score (nSPS) is 13.3. The van der Waals surface area contributed by atoms with E-state index in [1.165, 1.54) is 6.20 Å². The lowest BCUT2D eigenvalue weighted by Gasteiger charge is -2.10. The standard InChI is InChI=1S/C18H20N4O/c1-22-12-15(16-7-2-3-8-17(16)22)9-14(18(21)23)6-4-5-13(10-19)11-20/h2-5,7-8,10,12,14H,6,9,19H2,1H3,(H2,21,23)/b5-4-,13-10+. The van der Waals surface area contributed by atoms with E-state index in [0.717, 1.165) is 16.5 Å². The lowest BCUT2D eigenvalue weighted by atomic mass is 9.95. The van der Waals surface area contributed by atoms with Gasteiger partial charge in [-0.05, 0) is 30.5 Å². The number of carbonyl (C=O) groups excluding carboxylic acids is 1. The zero-order chi connectivity index (χ0) is 16.8. The maximum absolute atomic E-state index is 11.7. The highest BCUT2D eigenvalue weighted by atomic mass is 16.1. The molecule has 0 aliphatic heterocycles. The maximum atomic E-state index is 11.7. The number of hydrogen-bond acceptors (Lipinski definition) is 3. The molecular weight excluding hydrogens is 288 g/mol. The number of para-hydroxylation sites is 1. The zero-order valence-electron chi connectivity index (χ0n) is 13.1. The van der Waals surface area contributed by atoms with Gasteiger partial charge in [0.15, 0.2) is 0 Å². The molecule has 0 aliphatic carbocycles. The van der Waals surface area contributed by atoms with Crippen LogP contribution >= 0.6 is 0 Å². The first-order chi connectivity index (χ1) is 11.1. The summed E-state index contributed by atoms with van der Waals surface area (Å²) in [5.74, 6) is -0.674. The summed E-state index contributed by atoms with van der Waals surface area (Å²) in [6, 6.07) is 10.0. The van der Waals surface area contributed by atoms with E-state index in [4.69, 9.17) is 16.7 Å². The van der Waals surface area contributed by atoms with Gasteiger partial charge < -0.3 is 16.0 Å². The minimum absolute atomic E-state index is 0.324. The van der Waals surface area contributed by atoms with Crippen LogP contribution in [0.2, 0.25) is 0 Å². The van der Waals surface area contributed by atoms with Gasteiger partial charge in [0, 0.05) is 36.3 Å². The number of nitrogens with two attached hydrogens (primary N) is 2. The highest BCUT2D eigenvalue weighted by molar-refractivity contribution is 5.85. The molecule has 0 fully saturated rings. The van der Waals surface area contributed by atoms with Gasteiger partial charge in [-0.3, -0.25) is 4.79 Å². The summed E-state index contributed by atoms with van der Waals surface area (Å²) in [6.45, 7) is 0. The third-order valence-electron chi connectivity index (χ3n) is 3.87. The number of nitriles is 1. The van der Waals surface area contributed by atoms with Crippen molar-refractivity contribution in [2.45, 2.75) is 12.8 Å². The number of carbonyl (C=O) groups is 1. The molecule has 0 saturated carbocycles. The lowest BCUT2D eigenvalue weighted by Crippen LogP contribution is -2.24. The van der Waals surface area contributed by atoms with Crippen LogP contribution in [-0.4, -0.2) is 10.5 Å². The van der Waals surface area contributed by atoms with Crippen LogP contribution in [0.5, 0.6) is 0 Å². The van der Waals surface area contributed by atoms with Gasteiger partial charge in [-0.25, -0.2) is 0 Å². The molecule has 5 heteroatoms. The molecule has 118 valence electrons. The smallest absolute Gasteiger partial charge is 0.221 e. The topological polar surface area (TPSA) is 97.8 Å². The van der Waals surface area contributed by atoms with E-state index in [1.54, 1.807) is 12.2 Å². The molecule has 5 nitrogen and oxygen atoms in total. The van der Waals surface area contributed by atoms with E-state index >= 15 is 0 Å². The van der Waals surface area contributed by atoms with Gasteiger partial charge >= 0.3 is 0 Å². The van der Waals surface area contributed by atoms with Crippen LogP contribution in [0.3, 0.4) is 0 Å². The van der Waals surface area contributed by atoms with E-state index < -0.39 is 0 Å². The molecule has 2 aromatic rings. The average molecular weight is 308 g/mol. The predicted octanol–water partition coefficient (Wildman–Crippen LogP) is 2.13. The number of primary amides is 1. The number of allylic oxidation sites excluding steroid dienone is 3. The van der Waals surface area contributed by atoms with Crippen molar-refractivity contribution in [3.63, 3.8) is 0 Å². The molecule has 0 spiro atoms. The number of rotatable bonds is 6. The van der Waals surface area contributed by atoms with Gasteiger partial charge in [-0.1, -0.05) is 24.3 Å². The Bertz CT molecular complexity index is 808. The van der Waals surface area contributed by atoms with Crippen molar-refractivity contribution in [2.24, 2.45) is 24.4 Å². The summed E-state index contributed by atoms with van der Waals surface area (Å²) >= 11 is 0. The molecule has 0 aliphatic rings. The summed E-state index contributed by atoms with van der Waals surface area (Å²) in [4.78, 5) is 11.7. The molecule has 1 aromatic heterocycles. The Morgan fingerprint density at radius 3 is 2.83 bits per heavy atom. The zero-order valence-corrected chi connectivity index (χ0v) is 13.1. The Morgan fingerprint density at radius 1 is 1.43 bits per heavy atom. The van der Waals surface area contributed by atoms with Gasteiger partial charge in [0.1, 0.15) is 6.07 Å². The highest BCUT2D eigenvalue weighted by Gasteiger charge is 2.17. The average Bonchev–Trinajstić information content (AvgIpc) is 2.87. The molecule has 23 heavy (non-hydrogen) atoms. The van der Waals surface area contributed by atoms with Gasteiger partial charge in [0.2, 0.25) is 5.91 Å². The molecular formula is C18H20N4O. The molecule has 2 rings (SSSR count). The Kier molecular flexibility index (Phi) is 5.21. The fourth-order valence-corrected chi connectivity index (χ4v) is 2.64. The van der Waals surface area contributed by atoms with Crippen molar-refractivity contribution in [1.29, 1.82) is 5.26 Å². The number of aromatic nitrogens is 1. The first kappa shape index (κ1) is 16.4. The molecule has 1 heterocycles. The van der Waals surface area contributed by atoms with Crippen LogP contribution in [0.4, 0.5) is 0 Å². The van der Waals surface area contributed by atoms with E-state index in [2.05, 4.69) is 0 Å². The largest absolute Gasteiger partial charge is 0.404 e. The fraction of sp³-hybridized carbons (Fsp3) is 0.222. The molecule has 1 atom stereocenters. The van der Waals surface area contributed by atoms with Crippen molar-refractivity contribution in [3.8, 4) is 6.07 Å². The third-order valence-corrected chi connectivity index (χ3v) is 3.87.